The Hall–Kier alpha value is -2.88. The molecule has 4 aromatic rings. The predicted molar refractivity (Wildman–Crippen MR) is 194 cm³/mol. The summed E-state index contributed by atoms with van der Waals surface area (Å²) in [6, 6.07) is 0. The van der Waals surface area contributed by atoms with Crippen molar-refractivity contribution in [3.63, 3.8) is 0 Å². The fourth-order valence-corrected chi connectivity index (χ4v) is 8.38. The average Bonchev–Trinajstić information content (AvgIpc) is 3.70. The minimum Gasteiger partial charge on any atom is -0.414 e. The first-order valence-electron chi connectivity index (χ1n) is 16.5. The van der Waals surface area contributed by atoms with Crippen molar-refractivity contribution >= 4 is 58.2 Å². The Balaban J connectivity index is 1.43. The lowest BCUT2D eigenvalue weighted by molar-refractivity contribution is -0.0469. The molecule has 0 aromatic carbocycles. The first-order chi connectivity index (χ1) is 23.1. The van der Waals surface area contributed by atoms with Crippen LogP contribution < -0.4 is 11.5 Å². The summed E-state index contributed by atoms with van der Waals surface area (Å²) < 4.78 is 49.6. The van der Waals surface area contributed by atoms with Crippen LogP contribution in [0.5, 0.6) is 0 Å². The van der Waals surface area contributed by atoms with Crippen molar-refractivity contribution in [3.8, 4) is 0 Å². The van der Waals surface area contributed by atoms with Gasteiger partial charge in [0.25, 0.3) is 0 Å². The fraction of sp³-hybridized carbons (Fsp3) is 0.667. The van der Waals surface area contributed by atoms with Crippen molar-refractivity contribution in [1.29, 1.82) is 0 Å². The van der Waals surface area contributed by atoms with Gasteiger partial charge in [0.05, 0.1) is 32.0 Å². The van der Waals surface area contributed by atoms with Crippen LogP contribution in [0.1, 0.15) is 47.8 Å². The van der Waals surface area contributed by atoms with E-state index in [0.717, 1.165) is 0 Å². The molecule has 1 saturated heterocycles. The van der Waals surface area contributed by atoms with Crippen LogP contribution >= 0.6 is 7.60 Å². The van der Waals surface area contributed by atoms with E-state index in [2.05, 4.69) is 97.6 Å². The standard InChI is InChI=1S/C30H51N10O7PSi2/c1-29(2,3)49(7,8)44-13-19-22(46-48(41,42)12-11-43-18-39-16-37-20-24(31)33-14-35-26(20)39)23(47-50(9,10)30(4,5)6)28(45-19)40-17-38-21-25(32)34-15-36-27(21)40/h14-17,19,22-23,28H,11-13,18H2,1-10H3,(H,41,42)(H2,31,33,35)(H2,32,34,36)/t19-,22-,23+,28-/m1/s1. The number of ether oxygens (including phenoxy) is 2. The van der Waals surface area contributed by atoms with Gasteiger partial charge in [0, 0.05) is 0 Å². The largest absolute Gasteiger partial charge is 0.414 e. The second-order valence-electron chi connectivity index (χ2n) is 15.7. The number of hydrogen-bond donors (Lipinski definition) is 3. The molecule has 0 spiro atoms. The van der Waals surface area contributed by atoms with Crippen LogP contribution in [0.2, 0.25) is 36.3 Å². The molecule has 5 heterocycles. The maximum atomic E-state index is 13.9. The first-order valence-corrected chi connectivity index (χ1v) is 24.1. The Morgan fingerprint density at radius 2 is 1.44 bits per heavy atom. The number of nitrogen functional groups attached to an aromatic ring is 2. The van der Waals surface area contributed by atoms with Gasteiger partial charge in [-0.05, 0) is 36.3 Å². The Kier molecular flexibility index (Phi) is 10.7. The average molecular weight is 751 g/mol. The molecule has 5 rings (SSSR count). The number of imidazole rings is 2. The molecule has 0 radical (unpaired) electrons. The predicted octanol–water partition coefficient (Wildman–Crippen LogP) is 4.68. The number of anilines is 2. The summed E-state index contributed by atoms with van der Waals surface area (Å²) >= 11 is 0. The minimum absolute atomic E-state index is 0.0281. The van der Waals surface area contributed by atoms with Crippen molar-refractivity contribution in [2.45, 2.75) is 109 Å². The zero-order valence-corrected chi connectivity index (χ0v) is 33.4. The summed E-state index contributed by atoms with van der Waals surface area (Å²) in [6.07, 6.45) is 2.06. The van der Waals surface area contributed by atoms with Crippen LogP contribution in [0.15, 0.2) is 25.3 Å². The van der Waals surface area contributed by atoms with Gasteiger partial charge in [-0.1, -0.05) is 41.5 Å². The van der Waals surface area contributed by atoms with E-state index in [1.807, 2.05) is 0 Å². The molecule has 0 saturated carbocycles. The summed E-state index contributed by atoms with van der Waals surface area (Å²) in [5.74, 6) is 0.471. The normalized spacial score (nSPS) is 22.1. The van der Waals surface area contributed by atoms with Crippen molar-refractivity contribution in [3.05, 3.63) is 25.3 Å². The van der Waals surface area contributed by atoms with Crippen LogP contribution in [0, 0.1) is 0 Å². The van der Waals surface area contributed by atoms with E-state index in [-0.39, 0.29) is 47.8 Å². The van der Waals surface area contributed by atoms with Gasteiger partial charge in [-0.25, -0.2) is 29.9 Å². The number of nitrogens with two attached hydrogens (primary N) is 2. The molecule has 0 amide bonds. The highest BCUT2D eigenvalue weighted by molar-refractivity contribution is 7.52. The van der Waals surface area contributed by atoms with Crippen LogP contribution in [-0.4, -0.2) is 98.3 Å². The highest BCUT2D eigenvalue weighted by Crippen LogP contribution is 2.50. The highest BCUT2D eigenvalue weighted by Gasteiger charge is 2.54. The third-order valence-electron chi connectivity index (χ3n) is 10.1. The van der Waals surface area contributed by atoms with E-state index in [1.165, 1.54) is 19.0 Å². The van der Waals surface area contributed by atoms with Gasteiger partial charge in [0.15, 0.2) is 45.8 Å². The van der Waals surface area contributed by atoms with E-state index < -0.39 is 48.8 Å². The van der Waals surface area contributed by atoms with Gasteiger partial charge < -0.3 is 34.7 Å². The molecule has 5 atom stereocenters. The quantitative estimate of drug-likeness (QED) is 0.0958. The molecule has 50 heavy (non-hydrogen) atoms. The van der Waals surface area contributed by atoms with E-state index in [1.54, 1.807) is 15.5 Å². The van der Waals surface area contributed by atoms with E-state index >= 15 is 0 Å². The molecule has 1 aliphatic heterocycles. The molecule has 1 aliphatic rings. The van der Waals surface area contributed by atoms with E-state index in [4.69, 9.17) is 34.3 Å². The maximum absolute atomic E-state index is 13.9. The second kappa shape index (κ2) is 13.9. The Morgan fingerprint density at radius 3 is 2.06 bits per heavy atom. The van der Waals surface area contributed by atoms with Gasteiger partial charge in [-0.3, -0.25) is 18.2 Å². The van der Waals surface area contributed by atoms with Gasteiger partial charge in [0.1, 0.15) is 48.7 Å². The molecular formula is C30H51N10O7PSi2. The number of nitrogens with zero attached hydrogens (tertiary/aromatic N) is 8. The number of aromatic nitrogens is 8. The summed E-state index contributed by atoms with van der Waals surface area (Å²) in [5, 5.41) is -0.291. The van der Waals surface area contributed by atoms with Gasteiger partial charge >= 0.3 is 7.60 Å². The first kappa shape index (κ1) is 38.4. The van der Waals surface area contributed by atoms with Crippen molar-refractivity contribution in [2.75, 3.05) is 30.8 Å². The lowest BCUT2D eigenvalue weighted by Crippen LogP contribution is -2.50. The van der Waals surface area contributed by atoms with Crippen LogP contribution in [0.3, 0.4) is 0 Å². The van der Waals surface area contributed by atoms with Crippen molar-refractivity contribution in [1.82, 2.24) is 39.0 Å². The molecular weight excluding hydrogens is 700 g/mol. The Bertz CT molecular complexity index is 1860. The monoisotopic (exact) mass is 750 g/mol. The molecule has 276 valence electrons. The third-order valence-corrected chi connectivity index (χ3v) is 20.4. The summed E-state index contributed by atoms with van der Waals surface area (Å²) in [6.45, 7) is 21.4. The topological polar surface area (TPSA) is 223 Å². The van der Waals surface area contributed by atoms with Gasteiger partial charge in [-0.2, -0.15) is 0 Å². The summed E-state index contributed by atoms with van der Waals surface area (Å²) in [5.41, 5.74) is 13.8. The molecule has 1 fully saturated rings. The minimum atomic E-state index is -4.30. The molecule has 20 heteroatoms. The zero-order chi connectivity index (χ0) is 36.9. The smallest absolute Gasteiger partial charge is 0.330 e. The van der Waals surface area contributed by atoms with Crippen molar-refractivity contribution in [2.24, 2.45) is 0 Å². The number of fused-ring (bicyclic) bond motifs is 2. The molecule has 1 unspecified atom stereocenters. The zero-order valence-electron chi connectivity index (χ0n) is 30.5. The number of rotatable bonds is 13. The molecule has 17 nitrogen and oxygen atoms in total. The molecule has 0 aliphatic carbocycles. The molecule has 0 bridgehead atoms. The van der Waals surface area contributed by atoms with Crippen molar-refractivity contribution < 1.29 is 32.3 Å². The van der Waals surface area contributed by atoms with Gasteiger partial charge in [-0.15, -0.1) is 0 Å². The van der Waals surface area contributed by atoms with Crippen LogP contribution in [-0.2, 0) is 34.1 Å². The second-order valence-corrected chi connectivity index (χ2v) is 27.2. The molecule has 5 N–H and O–H groups in total. The Labute approximate surface area is 294 Å². The highest BCUT2D eigenvalue weighted by atomic mass is 31.2. The van der Waals surface area contributed by atoms with Gasteiger partial charge in [0.2, 0.25) is 0 Å². The summed E-state index contributed by atoms with van der Waals surface area (Å²) in [4.78, 5) is 36.7. The lowest BCUT2D eigenvalue weighted by atomic mass is 10.1. The third kappa shape index (κ3) is 7.95. The van der Waals surface area contributed by atoms with Crippen LogP contribution in [0.25, 0.3) is 22.3 Å². The summed E-state index contributed by atoms with van der Waals surface area (Å²) in [7, 11) is -9.11. The number of hydrogen-bond acceptors (Lipinski definition) is 14. The van der Waals surface area contributed by atoms with E-state index in [0.29, 0.717) is 22.3 Å². The maximum Gasteiger partial charge on any atom is 0.330 e. The van der Waals surface area contributed by atoms with E-state index in [9.17, 15) is 9.46 Å². The molecule has 4 aromatic heterocycles. The lowest BCUT2D eigenvalue weighted by Gasteiger charge is -2.41. The SMILES string of the molecule is CC(C)(C)[Si](C)(C)OC[C@H]1O[C@@H](n2cnc3c(N)ncnc32)[C@@H](O[Si](C)(C)C(C)(C)C)[C@@H]1OP(=O)(O)CCOCn1cnc2c(N)ncnc21. The fourth-order valence-electron chi connectivity index (χ4n) is 4.98. The Morgan fingerprint density at radius 1 is 0.860 bits per heavy atom. The van der Waals surface area contributed by atoms with Crippen LogP contribution in [0.4, 0.5) is 11.6 Å².